The molecular weight excluding hydrogens is 202 g/mol. The molecule has 0 spiro atoms. The third-order valence-electron chi connectivity index (χ3n) is 0.834. The zero-order chi connectivity index (χ0) is 10.7. The predicted molar refractivity (Wildman–Crippen MR) is 28.8 cm³/mol. The molecule has 0 aliphatic carbocycles. The number of diazo groups is 1. The monoisotopic (exact) mass is 203 g/mol. The number of hydrogen-bond acceptors (Lipinski definition) is 1. The van der Waals surface area contributed by atoms with Crippen molar-refractivity contribution < 1.29 is 26.3 Å². The molecule has 0 aromatic carbocycles. The van der Waals surface area contributed by atoms with Crippen molar-refractivity contribution in [1.82, 2.24) is 0 Å². The lowest BCUT2D eigenvalue weighted by molar-refractivity contribution is -0.171. The van der Waals surface area contributed by atoms with E-state index in [1.165, 1.54) is 0 Å². The molecule has 0 aliphatic rings. The molecule has 0 saturated heterocycles. The highest BCUT2D eigenvalue weighted by Crippen LogP contribution is 2.37. The summed E-state index contributed by atoms with van der Waals surface area (Å²) in [6, 6.07) is 0. The average Bonchev–Trinajstić information content (AvgIpc) is 1.81. The van der Waals surface area contributed by atoms with Gasteiger partial charge in [-0.1, -0.05) is 0 Å². The van der Waals surface area contributed by atoms with E-state index >= 15 is 0 Å². The number of rotatable bonds is 0. The summed E-state index contributed by atoms with van der Waals surface area (Å²) in [7, 11) is 0. The molecule has 0 heterocycles. The summed E-state index contributed by atoms with van der Waals surface area (Å²) >= 11 is 0. The number of alkyl halides is 6. The van der Waals surface area contributed by atoms with Crippen LogP contribution in [0.1, 0.15) is 0 Å². The van der Waals surface area contributed by atoms with Crippen LogP contribution in [0, 0.1) is 5.39 Å². The van der Waals surface area contributed by atoms with Crippen molar-refractivity contribution in [1.29, 1.82) is 5.39 Å². The first-order chi connectivity index (χ1) is 5.69. The molecule has 0 N–H and O–H groups in total. The summed E-state index contributed by atoms with van der Waals surface area (Å²) in [5.74, 6) is 0. The van der Waals surface area contributed by atoms with E-state index in [1.807, 2.05) is 4.98 Å². The molecule has 0 aromatic heterocycles. The Kier molecular flexibility index (Phi) is 3.10. The molecule has 0 aromatic rings. The van der Waals surface area contributed by atoms with Crippen LogP contribution in [0.15, 0.2) is 17.5 Å². The second kappa shape index (κ2) is 3.49. The molecule has 0 rings (SSSR count). The third kappa shape index (κ3) is 3.62. The first-order valence-electron chi connectivity index (χ1n) is 2.63. The maximum atomic E-state index is 11.6. The molecular formula is C5HF6N2+. The van der Waals surface area contributed by atoms with Crippen LogP contribution in [0.2, 0.25) is 0 Å². The van der Waals surface area contributed by atoms with Crippen LogP contribution in [0.4, 0.5) is 26.3 Å². The lowest BCUT2D eigenvalue weighted by Gasteiger charge is -2.10. The van der Waals surface area contributed by atoms with Crippen LogP contribution in [0.5, 0.6) is 0 Å². The number of hydrogen-bond donors (Lipinski definition) is 0. The van der Waals surface area contributed by atoms with Gasteiger partial charge in [-0.3, -0.25) is 0 Å². The van der Waals surface area contributed by atoms with E-state index in [1.54, 1.807) is 0 Å². The van der Waals surface area contributed by atoms with Gasteiger partial charge in [0.15, 0.2) is 10.5 Å². The quantitative estimate of drug-likeness (QED) is 0.338. The highest BCUT2D eigenvalue weighted by Gasteiger charge is 2.51. The molecule has 0 fully saturated rings. The number of halogens is 6. The van der Waals surface area contributed by atoms with Gasteiger partial charge in [-0.2, -0.15) is 26.3 Å². The van der Waals surface area contributed by atoms with Gasteiger partial charge >= 0.3 is 18.6 Å². The maximum absolute atomic E-state index is 11.6. The van der Waals surface area contributed by atoms with Gasteiger partial charge in [0, 0.05) is 0 Å². The van der Waals surface area contributed by atoms with Crippen molar-refractivity contribution in [3.8, 4) is 0 Å². The fraction of sp³-hybridized carbons (Fsp3) is 0.400. The molecule has 0 amide bonds. The molecule has 13 heavy (non-hydrogen) atoms. The van der Waals surface area contributed by atoms with Crippen molar-refractivity contribution in [2.24, 2.45) is 0 Å². The van der Waals surface area contributed by atoms with E-state index in [2.05, 4.69) is 0 Å². The maximum Gasteiger partial charge on any atom is 0.428 e. The van der Waals surface area contributed by atoms with E-state index in [0.29, 0.717) is 0 Å². The average molecular weight is 203 g/mol. The SMILES string of the molecule is N#[N+]C=C=C(C(F)(F)F)C(F)(F)F. The molecule has 0 saturated carbocycles. The van der Waals surface area contributed by atoms with E-state index in [4.69, 9.17) is 5.39 Å². The fourth-order valence-electron chi connectivity index (χ4n) is 0.418. The van der Waals surface area contributed by atoms with Gasteiger partial charge in [-0.05, 0) is 5.73 Å². The first kappa shape index (κ1) is 11.5. The van der Waals surface area contributed by atoms with Crippen molar-refractivity contribution in [3.63, 3.8) is 0 Å². The minimum Gasteiger partial charge on any atom is -0.165 e. The second-order valence-corrected chi connectivity index (χ2v) is 1.76. The lowest BCUT2D eigenvalue weighted by Crippen LogP contribution is -2.25. The fourth-order valence-corrected chi connectivity index (χ4v) is 0.418. The molecule has 0 unspecified atom stereocenters. The molecule has 0 aliphatic heterocycles. The summed E-state index contributed by atoms with van der Waals surface area (Å²) in [6.45, 7) is 0. The Labute approximate surface area is 67.8 Å². The van der Waals surface area contributed by atoms with Gasteiger partial charge in [0.05, 0.1) is 0 Å². The highest BCUT2D eigenvalue weighted by atomic mass is 19.4. The molecule has 0 atom stereocenters. The van der Waals surface area contributed by atoms with Crippen LogP contribution in [0.25, 0.3) is 4.98 Å². The summed E-state index contributed by atoms with van der Waals surface area (Å²) in [4.78, 5) is 1.95. The molecule has 72 valence electrons. The van der Waals surface area contributed by atoms with Gasteiger partial charge in [-0.25, -0.2) is 0 Å². The minimum atomic E-state index is -5.57. The summed E-state index contributed by atoms with van der Waals surface area (Å²) < 4.78 is 69.5. The van der Waals surface area contributed by atoms with E-state index in [-0.39, 0.29) is 6.20 Å². The van der Waals surface area contributed by atoms with Crippen molar-refractivity contribution in [2.75, 3.05) is 0 Å². The van der Waals surface area contributed by atoms with E-state index in [0.717, 1.165) is 5.73 Å². The van der Waals surface area contributed by atoms with Crippen molar-refractivity contribution >= 4 is 0 Å². The highest BCUT2D eigenvalue weighted by molar-refractivity contribution is 5.15. The zero-order valence-electron chi connectivity index (χ0n) is 5.74. The Morgan fingerprint density at radius 1 is 1.08 bits per heavy atom. The largest absolute Gasteiger partial charge is 0.428 e. The standard InChI is InChI=1S/C5HF6N2/c6-4(7,8)3(1-2-13-12)5(9,10)11/h2H/q+1. The predicted octanol–water partition coefficient (Wildman–Crippen LogP) is 3.00. The van der Waals surface area contributed by atoms with Crippen LogP contribution in [0.3, 0.4) is 0 Å². The Hall–Kier alpha value is -1.48. The van der Waals surface area contributed by atoms with Gasteiger partial charge in [0.1, 0.15) is 0 Å². The van der Waals surface area contributed by atoms with Gasteiger partial charge < -0.3 is 0 Å². The lowest BCUT2D eigenvalue weighted by atomic mass is 10.3. The van der Waals surface area contributed by atoms with Crippen molar-refractivity contribution in [3.05, 3.63) is 22.5 Å². The second-order valence-electron chi connectivity index (χ2n) is 1.76. The molecule has 8 heteroatoms. The summed E-state index contributed by atoms with van der Waals surface area (Å²) in [5, 5.41) is 7.61. The number of nitrogens with zero attached hydrogens (tertiary/aromatic N) is 2. The summed E-state index contributed by atoms with van der Waals surface area (Å²) in [6.07, 6.45) is -11.3. The smallest absolute Gasteiger partial charge is 0.165 e. The molecule has 2 nitrogen and oxygen atoms in total. The minimum absolute atomic E-state index is 0.129. The zero-order valence-corrected chi connectivity index (χ0v) is 5.74. The summed E-state index contributed by atoms with van der Waals surface area (Å²) in [5.41, 5.74) is -2.07. The van der Waals surface area contributed by atoms with Crippen LogP contribution >= 0.6 is 0 Å². The van der Waals surface area contributed by atoms with Crippen molar-refractivity contribution in [2.45, 2.75) is 12.4 Å². The Bertz CT molecular complexity index is 268. The van der Waals surface area contributed by atoms with Gasteiger partial charge in [0.25, 0.3) is 0 Å². The Morgan fingerprint density at radius 3 is 1.69 bits per heavy atom. The van der Waals surface area contributed by atoms with Gasteiger partial charge in [-0.15, -0.1) is 0 Å². The molecule has 0 bridgehead atoms. The van der Waals surface area contributed by atoms with E-state index < -0.39 is 17.9 Å². The van der Waals surface area contributed by atoms with Crippen LogP contribution in [-0.2, 0) is 0 Å². The normalized spacial score (nSPS) is 11.5. The topological polar surface area (TPSA) is 28.1 Å². The first-order valence-corrected chi connectivity index (χ1v) is 2.63. The van der Waals surface area contributed by atoms with E-state index in [9.17, 15) is 26.3 Å². The molecule has 0 radical (unpaired) electrons. The third-order valence-corrected chi connectivity index (χ3v) is 0.834. The Morgan fingerprint density at radius 2 is 1.46 bits per heavy atom. The van der Waals surface area contributed by atoms with Crippen LogP contribution in [-0.4, -0.2) is 12.4 Å². The Balaban J connectivity index is 5.29. The van der Waals surface area contributed by atoms with Crippen LogP contribution < -0.4 is 0 Å². The number of allylic oxidation sites excluding steroid dienone is 1. The van der Waals surface area contributed by atoms with Gasteiger partial charge in [0.2, 0.25) is 5.39 Å².